The fraction of sp³-hybridized carbons (Fsp3) is 0.357. The molecule has 0 spiro atoms. The molecule has 0 aliphatic rings. The first kappa shape index (κ1) is 38.8. The quantitative estimate of drug-likeness (QED) is 0.256. The van der Waals surface area contributed by atoms with Crippen LogP contribution in [0.5, 0.6) is 5.75 Å². The van der Waals surface area contributed by atoms with E-state index in [1.807, 2.05) is 27.7 Å². The van der Waals surface area contributed by atoms with Gasteiger partial charge in [-0.1, -0.05) is 64.1 Å². The van der Waals surface area contributed by atoms with Crippen LogP contribution in [-0.4, -0.2) is 6.36 Å². The number of ether oxygens (including phenoxy) is 1. The van der Waals surface area contributed by atoms with Gasteiger partial charge in [-0.3, -0.25) is 0 Å². The smallest absolute Gasteiger partial charge is 0.406 e. The Morgan fingerprint density at radius 3 is 1.15 bits per heavy atom. The first-order valence-electron chi connectivity index (χ1n) is 11.8. The normalized spacial score (nSPS) is 10.8. The SMILES string of the molecule is CC.CC.Cc1cccc(C(F)(F)F)c1F.Cc1cccc(C(F)(F)F)c1F.Cc1cccc(OC(F)(F)F)c1. The van der Waals surface area contributed by atoms with E-state index in [1.165, 1.54) is 56.3 Å². The lowest BCUT2D eigenvalue weighted by atomic mass is 10.1. The third-order valence-electron chi connectivity index (χ3n) is 4.22. The van der Waals surface area contributed by atoms with E-state index < -0.39 is 41.5 Å². The van der Waals surface area contributed by atoms with Crippen molar-refractivity contribution in [2.24, 2.45) is 0 Å². The first-order chi connectivity index (χ1) is 18.3. The van der Waals surface area contributed by atoms with Crippen molar-refractivity contribution in [3.63, 3.8) is 0 Å². The zero-order valence-corrected chi connectivity index (χ0v) is 22.8. The molecular weight excluding hydrogens is 561 g/mol. The molecule has 0 atom stereocenters. The van der Waals surface area contributed by atoms with E-state index in [-0.39, 0.29) is 16.9 Å². The van der Waals surface area contributed by atoms with E-state index in [9.17, 15) is 48.3 Å². The molecule has 0 bridgehead atoms. The Bertz CT molecular complexity index is 1070. The van der Waals surface area contributed by atoms with Crippen molar-refractivity contribution >= 4 is 0 Å². The molecule has 3 aromatic rings. The van der Waals surface area contributed by atoms with E-state index >= 15 is 0 Å². The zero-order chi connectivity index (χ0) is 31.9. The second-order valence-electron chi connectivity index (χ2n) is 7.23. The monoisotopic (exact) mass is 592 g/mol. The standard InChI is InChI=1S/2C8H6F4.C8H7F3O.2C2H6/c2*1-5-3-2-4-6(7(5)9)8(10,11)12;1-6-3-2-4-7(5-6)12-8(9,10)11;2*1-2/h2*2-4H,1H3;2-5H,1H3;2*1-2H3. The van der Waals surface area contributed by atoms with Crippen LogP contribution in [0.3, 0.4) is 0 Å². The third-order valence-corrected chi connectivity index (χ3v) is 4.22. The van der Waals surface area contributed by atoms with Gasteiger partial charge in [-0.2, -0.15) is 26.3 Å². The zero-order valence-electron chi connectivity index (χ0n) is 22.8. The lowest BCUT2D eigenvalue weighted by Gasteiger charge is -2.08. The molecule has 0 radical (unpaired) electrons. The molecule has 0 unspecified atom stereocenters. The van der Waals surface area contributed by atoms with Crippen LogP contribution in [0.25, 0.3) is 0 Å². The van der Waals surface area contributed by atoms with Crippen LogP contribution < -0.4 is 4.74 Å². The molecule has 0 N–H and O–H groups in total. The van der Waals surface area contributed by atoms with Crippen molar-refractivity contribution in [3.05, 3.63) is 100 Å². The van der Waals surface area contributed by atoms with Gasteiger partial charge in [-0.25, -0.2) is 8.78 Å². The van der Waals surface area contributed by atoms with Gasteiger partial charge in [-0.05, 0) is 61.7 Å². The predicted octanol–water partition coefficient (Wildman–Crippen LogP) is 11.3. The number of aryl methyl sites for hydroxylation is 3. The maximum atomic E-state index is 12.8. The number of rotatable bonds is 1. The Kier molecular flexibility index (Phi) is 16.9. The van der Waals surface area contributed by atoms with Crippen molar-refractivity contribution in [3.8, 4) is 5.75 Å². The highest BCUT2D eigenvalue weighted by molar-refractivity contribution is 5.28. The van der Waals surface area contributed by atoms with Gasteiger partial charge in [0.2, 0.25) is 0 Å². The second-order valence-corrected chi connectivity index (χ2v) is 7.23. The lowest BCUT2D eigenvalue weighted by molar-refractivity contribution is -0.274. The predicted molar refractivity (Wildman–Crippen MR) is 133 cm³/mol. The van der Waals surface area contributed by atoms with Gasteiger partial charge in [-0.15, -0.1) is 13.2 Å². The Hall–Kier alpha value is -3.31. The van der Waals surface area contributed by atoms with Gasteiger partial charge in [0.1, 0.15) is 17.4 Å². The largest absolute Gasteiger partial charge is 0.573 e. The van der Waals surface area contributed by atoms with Crippen molar-refractivity contribution in [2.75, 3.05) is 0 Å². The molecular formula is C28H31F11O. The van der Waals surface area contributed by atoms with E-state index in [0.29, 0.717) is 0 Å². The highest BCUT2D eigenvalue weighted by Gasteiger charge is 2.35. The Morgan fingerprint density at radius 2 is 0.875 bits per heavy atom. The molecule has 0 fully saturated rings. The Morgan fingerprint density at radius 1 is 0.525 bits per heavy atom. The maximum absolute atomic E-state index is 12.8. The minimum Gasteiger partial charge on any atom is -0.406 e. The summed E-state index contributed by atoms with van der Waals surface area (Å²) in [5, 5.41) is 0. The van der Waals surface area contributed by atoms with E-state index in [0.717, 1.165) is 17.7 Å². The lowest BCUT2D eigenvalue weighted by Crippen LogP contribution is -2.17. The number of halogens is 11. The second kappa shape index (κ2) is 17.4. The molecule has 3 rings (SSSR count). The summed E-state index contributed by atoms with van der Waals surface area (Å²) in [7, 11) is 0. The first-order valence-corrected chi connectivity index (χ1v) is 11.8. The van der Waals surface area contributed by atoms with Gasteiger partial charge in [0.05, 0.1) is 11.1 Å². The van der Waals surface area contributed by atoms with Crippen LogP contribution in [0.4, 0.5) is 48.3 Å². The summed E-state index contributed by atoms with van der Waals surface area (Å²) in [5.41, 5.74) is -1.67. The summed E-state index contributed by atoms with van der Waals surface area (Å²) in [5.74, 6) is -2.56. The number of alkyl halides is 9. The van der Waals surface area contributed by atoms with Crippen molar-refractivity contribution in [1.29, 1.82) is 0 Å². The summed E-state index contributed by atoms with van der Waals surface area (Å²) in [6, 6.07) is 12.2. The molecule has 0 amide bonds. The summed E-state index contributed by atoms with van der Waals surface area (Å²) in [4.78, 5) is 0. The van der Waals surface area contributed by atoms with Gasteiger partial charge in [0, 0.05) is 0 Å². The molecule has 0 aromatic heterocycles. The fourth-order valence-corrected chi connectivity index (χ4v) is 2.55. The summed E-state index contributed by atoms with van der Waals surface area (Å²) in [6.45, 7) is 12.3. The molecule has 3 aromatic carbocycles. The van der Waals surface area contributed by atoms with Crippen LogP contribution in [0.1, 0.15) is 55.5 Å². The summed E-state index contributed by atoms with van der Waals surface area (Å²) in [6.07, 6.45) is -13.8. The van der Waals surface area contributed by atoms with Gasteiger partial charge >= 0.3 is 18.7 Å². The minimum absolute atomic E-state index is 0.00447. The summed E-state index contributed by atoms with van der Waals surface area (Å²) < 4.78 is 136. The Labute approximate surface area is 226 Å². The van der Waals surface area contributed by atoms with Crippen LogP contribution in [-0.2, 0) is 12.4 Å². The molecule has 0 heterocycles. The van der Waals surface area contributed by atoms with Gasteiger partial charge in [0.15, 0.2) is 0 Å². The average molecular weight is 593 g/mol. The molecule has 40 heavy (non-hydrogen) atoms. The molecule has 226 valence electrons. The molecule has 12 heteroatoms. The number of benzene rings is 3. The van der Waals surface area contributed by atoms with Crippen molar-refractivity contribution in [2.45, 2.75) is 67.2 Å². The molecule has 0 saturated heterocycles. The Balaban J connectivity index is 0. The highest BCUT2D eigenvalue weighted by atomic mass is 19.4. The van der Waals surface area contributed by atoms with Crippen LogP contribution in [0, 0.1) is 32.4 Å². The van der Waals surface area contributed by atoms with E-state index in [2.05, 4.69) is 4.74 Å². The molecule has 0 saturated carbocycles. The number of hydrogen-bond acceptors (Lipinski definition) is 1. The summed E-state index contributed by atoms with van der Waals surface area (Å²) >= 11 is 0. The minimum atomic E-state index is -4.60. The maximum Gasteiger partial charge on any atom is 0.573 e. The number of hydrogen-bond donors (Lipinski definition) is 0. The molecule has 0 aliphatic heterocycles. The van der Waals surface area contributed by atoms with Crippen LogP contribution in [0.2, 0.25) is 0 Å². The van der Waals surface area contributed by atoms with Crippen LogP contribution in [0.15, 0.2) is 60.7 Å². The topological polar surface area (TPSA) is 9.23 Å². The van der Waals surface area contributed by atoms with E-state index in [1.54, 1.807) is 13.0 Å². The highest BCUT2D eigenvalue weighted by Crippen LogP contribution is 2.33. The van der Waals surface area contributed by atoms with E-state index in [4.69, 9.17) is 0 Å². The molecule has 0 aliphatic carbocycles. The molecule has 1 nitrogen and oxygen atoms in total. The van der Waals surface area contributed by atoms with Crippen LogP contribution >= 0.6 is 0 Å². The van der Waals surface area contributed by atoms with Gasteiger partial charge in [0.25, 0.3) is 0 Å². The van der Waals surface area contributed by atoms with Gasteiger partial charge < -0.3 is 4.74 Å². The fourth-order valence-electron chi connectivity index (χ4n) is 2.55. The van der Waals surface area contributed by atoms with Crippen molar-refractivity contribution < 1.29 is 53.0 Å². The van der Waals surface area contributed by atoms with Crippen molar-refractivity contribution in [1.82, 2.24) is 0 Å². The third kappa shape index (κ3) is 14.7. The average Bonchev–Trinajstić information content (AvgIpc) is 2.83.